The quantitative estimate of drug-likeness (QED) is 0.519. The van der Waals surface area contributed by atoms with Crippen LogP contribution in [0.4, 0.5) is 5.69 Å². The van der Waals surface area contributed by atoms with Gasteiger partial charge in [-0.1, -0.05) is 55.1 Å². The van der Waals surface area contributed by atoms with Gasteiger partial charge in [0.25, 0.3) is 0 Å². The summed E-state index contributed by atoms with van der Waals surface area (Å²) in [6.07, 6.45) is 3.25. The van der Waals surface area contributed by atoms with Gasteiger partial charge in [-0.2, -0.15) is 0 Å². The summed E-state index contributed by atoms with van der Waals surface area (Å²) in [7, 11) is 0. The molecule has 1 heterocycles. The second-order valence-electron chi connectivity index (χ2n) is 7.00. The van der Waals surface area contributed by atoms with E-state index in [1.807, 2.05) is 0 Å². The van der Waals surface area contributed by atoms with Gasteiger partial charge >= 0.3 is 0 Å². The van der Waals surface area contributed by atoms with Crippen LogP contribution in [0.25, 0.3) is 0 Å². The van der Waals surface area contributed by atoms with Crippen LogP contribution in [0.1, 0.15) is 12.5 Å². The molecule has 1 aliphatic rings. The molecule has 0 aromatic heterocycles. The van der Waals surface area contributed by atoms with E-state index in [1.165, 1.54) is 24.3 Å². The third-order valence-electron chi connectivity index (χ3n) is 5.55. The van der Waals surface area contributed by atoms with Crippen LogP contribution in [-0.2, 0) is 6.42 Å². The van der Waals surface area contributed by atoms with Crippen molar-refractivity contribution in [1.82, 2.24) is 0 Å². The monoisotopic (exact) mass is 400 g/mol. The molecule has 1 atom stereocenters. The number of hydrogen-bond donors (Lipinski definition) is 0. The number of rotatable bonds is 6. The van der Waals surface area contributed by atoms with Gasteiger partial charge in [-0.15, -0.1) is 0 Å². The van der Waals surface area contributed by atoms with Crippen molar-refractivity contribution >= 4 is 5.69 Å². The van der Waals surface area contributed by atoms with E-state index in [0.29, 0.717) is 6.04 Å². The highest BCUT2D eigenvalue weighted by molar-refractivity contribution is 5.46. The fourth-order valence-electron chi connectivity index (χ4n) is 3.97. The summed E-state index contributed by atoms with van der Waals surface area (Å²) in [5.74, 6) is 0. The number of anilines is 1. The standard InChI is InChI=1S/C22H29N2.BrH/c1-3-16-24(20(2)19-21-10-6-4-7-11-21)17-14-23(15-18-24)22-12-8-5-9-13-22;/h3-13,20H,1,14-19H2,2H3;1H/q+1;/p-1. The van der Waals surface area contributed by atoms with E-state index < -0.39 is 0 Å². The number of benzene rings is 2. The van der Waals surface area contributed by atoms with Gasteiger partial charge in [0.2, 0.25) is 0 Å². The van der Waals surface area contributed by atoms with Crippen LogP contribution >= 0.6 is 0 Å². The molecule has 0 N–H and O–H groups in total. The van der Waals surface area contributed by atoms with Gasteiger partial charge in [-0.05, 0) is 30.7 Å². The lowest BCUT2D eigenvalue weighted by atomic mass is 10.0. The molecule has 0 bridgehead atoms. The minimum Gasteiger partial charge on any atom is -1.00 e. The van der Waals surface area contributed by atoms with E-state index in [2.05, 4.69) is 85.1 Å². The van der Waals surface area contributed by atoms with Crippen molar-refractivity contribution in [3.05, 3.63) is 78.9 Å². The Bertz CT molecular complexity index is 634. The fraction of sp³-hybridized carbons (Fsp3) is 0.364. The molecule has 2 aromatic rings. The second kappa shape index (κ2) is 9.21. The number of nitrogens with zero attached hydrogens (tertiary/aromatic N) is 2. The zero-order valence-electron chi connectivity index (χ0n) is 15.2. The summed E-state index contributed by atoms with van der Waals surface area (Å²) in [6.45, 7) is 12.1. The molecule has 1 saturated heterocycles. The van der Waals surface area contributed by atoms with Gasteiger partial charge < -0.3 is 26.4 Å². The predicted molar refractivity (Wildman–Crippen MR) is 103 cm³/mol. The zero-order chi connectivity index (χ0) is 16.8. The van der Waals surface area contributed by atoms with Crippen LogP contribution in [0.5, 0.6) is 0 Å². The molecule has 0 radical (unpaired) electrons. The summed E-state index contributed by atoms with van der Waals surface area (Å²) in [5.41, 5.74) is 2.79. The third-order valence-corrected chi connectivity index (χ3v) is 5.55. The Hall–Kier alpha value is -1.58. The van der Waals surface area contributed by atoms with Crippen molar-refractivity contribution in [2.75, 3.05) is 37.6 Å². The Kier molecular flexibility index (Phi) is 7.27. The molecule has 0 aliphatic carbocycles. The van der Waals surface area contributed by atoms with Gasteiger partial charge in [0, 0.05) is 12.1 Å². The number of piperazine rings is 1. The third kappa shape index (κ3) is 4.74. The molecule has 1 aliphatic heterocycles. The summed E-state index contributed by atoms with van der Waals surface area (Å²) >= 11 is 0. The molecule has 0 amide bonds. The highest BCUT2D eigenvalue weighted by Gasteiger charge is 2.36. The molecule has 2 nitrogen and oxygen atoms in total. The van der Waals surface area contributed by atoms with Crippen molar-refractivity contribution in [3.8, 4) is 0 Å². The molecule has 1 fully saturated rings. The average Bonchev–Trinajstić information content (AvgIpc) is 2.64. The minimum absolute atomic E-state index is 0. The van der Waals surface area contributed by atoms with Crippen LogP contribution in [0.2, 0.25) is 0 Å². The molecular formula is C22H29BrN2. The van der Waals surface area contributed by atoms with Crippen LogP contribution in [-0.4, -0.2) is 43.2 Å². The predicted octanol–water partition coefficient (Wildman–Crippen LogP) is 1.14. The summed E-state index contributed by atoms with van der Waals surface area (Å²) in [4.78, 5) is 2.52. The first-order chi connectivity index (χ1) is 11.7. The van der Waals surface area contributed by atoms with Gasteiger partial charge in [0.05, 0.1) is 38.8 Å². The molecule has 0 spiro atoms. The molecule has 3 heteroatoms. The van der Waals surface area contributed by atoms with E-state index in [-0.39, 0.29) is 17.0 Å². The lowest BCUT2D eigenvalue weighted by Crippen LogP contribution is -3.00. The average molecular weight is 401 g/mol. The highest BCUT2D eigenvalue weighted by atomic mass is 79.9. The van der Waals surface area contributed by atoms with Crippen LogP contribution in [0.3, 0.4) is 0 Å². The number of para-hydroxylation sites is 1. The van der Waals surface area contributed by atoms with E-state index in [4.69, 9.17) is 0 Å². The van der Waals surface area contributed by atoms with Gasteiger partial charge in [0.1, 0.15) is 0 Å². The molecule has 1 unspecified atom stereocenters. The molecule has 2 aromatic carbocycles. The largest absolute Gasteiger partial charge is 1.00 e. The summed E-state index contributed by atoms with van der Waals surface area (Å²) in [5, 5.41) is 0. The normalized spacial score (nSPS) is 17.4. The first kappa shape index (κ1) is 19.7. The van der Waals surface area contributed by atoms with Gasteiger partial charge in [-0.25, -0.2) is 0 Å². The topological polar surface area (TPSA) is 3.24 Å². The zero-order valence-corrected chi connectivity index (χ0v) is 16.7. The Balaban J connectivity index is 0.00000225. The maximum Gasteiger partial charge on any atom is 0.0974 e. The highest BCUT2D eigenvalue weighted by Crippen LogP contribution is 2.24. The Morgan fingerprint density at radius 3 is 2.12 bits per heavy atom. The first-order valence-corrected chi connectivity index (χ1v) is 9.04. The van der Waals surface area contributed by atoms with E-state index in [0.717, 1.165) is 30.5 Å². The maximum atomic E-state index is 4.04. The Morgan fingerprint density at radius 1 is 1.00 bits per heavy atom. The first-order valence-electron chi connectivity index (χ1n) is 9.04. The Morgan fingerprint density at radius 2 is 1.56 bits per heavy atom. The summed E-state index contributed by atoms with van der Waals surface area (Å²) < 4.78 is 1.15. The van der Waals surface area contributed by atoms with Gasteiger partial charge in [-0.3, -0.25) is 0 Å². The van der Waals surface area contributed by atoms with Crippen LogP contribution in [0.15, 0.2) is 73.3 Å². The van der Waals surface area contributed by atoms with E-state index in [1.54, 1.807) is 0 Å². The Labute approximate surface area is 163 Å². The van der Waals surface area contributed by atoms with Crippen molar-refractivity contribution in [3.63, 3.8) is 0 Å². The van der Waals surface area contributed by atoms with E-state index >= 15 is 0 Å². The molecule has 3 rings (SSSR count). The van der Waals surface area contributed by atoms with Crippen molar-refractivity contribution in [2.24, 2.45) is 0 Å². The molecule has 25 heavy (non-hydrogen) atoms. The van der Waals surface area contributed by atoms with Crippen LogP contribution < -0.4 is 21.9 Å². The van der Waals surface area contributed by atoms with E-state index in [9.17, 15) is 0 Å². The van der Waals surface area contributed by atoms with Crippen molar-refractivity contribution < 1.29 is 21.5 Å². The van der Waals surface area contributed by atoms with Crippen molar-refractivity contribution in [1.29, 1.82) is 0 Å². The lowest BCUT2D eigenvalue weighted by Gasteiger charge is -2.49. The smallest absolute Gasteiger partial charge is 0.0974 e. The maximum absolute atomic E-state index is 4.04. The van der Waals surface area contributed by atoms with Crippen LogP contribution in [0, 0.1) is 0 Å². The fourth-order valence-corrected chi connectivity index (χ4v) is 3.97. The molecule has 134 valence electrons. The molecule has 0 saturated carbocycles. The minimum atomic E-state index is 0. The SMILES string of the molecule is C=CC[N+]1(C(C)Cc2ccccc2)CCN(c2ccccc2)CC1.[Br-]. The summed E-state index contributed by atoms with van der Waals surface area (Å²) in [6, 6.07) is 22.3. The number of quaternary nitrogens is 1. The second-order valence-corrected chi connectivity index (χ2v) is 7.00. The van der Waals surface area contributed by atoms with Gasteiger partial charge in [0.15, 0.2) is 0 Å². The number of hydrogen-bond acceptors (Lipinski definition) is 1. The van der Waals surface area contributed by atoms with Crippen molar-refractivity contribution in [2.45, 2.75) is 19.4 Å². The lowest BCUT2D eigenvalue weighted by molar-refractivity contribution is -0.944. The molecular weight excluding hydrogens is 372 g/mol. The number of halogens is 1.